The molecule has 2 rings (SSSR count). The molecule has 0 bridgehead atoms. The summed E-state index contributed by atoms with van der Waals surface area (Å²) < 4.78 is 27.9. The third kappa shape index (κ3) is 3.49. The van der Waals surface area contributed by atoms with Crippen LogP contribution in [0.5, 0.6) is 0 Å². The van der Waals surface area contributed by atoms with Gasteiger partial charge in [-0.2, -0.15) is 4.72 Å². The van der Waals surface area contributed by atoms with E-state index in [-0.39, 0.29) is 4.21 Å². The van der Waals surface area contributed by atoms with Gasteiger partial charge >= 0.3 is 5.97 Å². The van der Waals surface area contributed by atoms with E-state index in [9.17, 15) is 18.3 Å². The molecule has 0 aliphatic heterocycles. The maximum absolute atomic E-state index is 12.4. The molecule has 0 spiro atoms. The van der Waals surface area contributed by atoms with Gasteiger partial charge in [-0.15, -0.1) is 11.3 Å². The molecule has 1 aliphatic carbocycles. The van der Waals surface area contributed by atoms with Gasteiger partial charge in [0, 0.05) is 4.47 Å². The maximum atomic E-state index is 12.4. The molecule has 5 nitrogen and oxygen atoms in total. The first kappa shape index (κ1) is 16.9. The van der Waals surface area contributed by atoms with E-state index in [1.807, 2.05) is 0 Å². The van der Waals surface area contributed by atoms with E-state index in [4.69, 9.17) is 0 Å². The van der Waals surface area contributed by atoms with E-state index < -0.39 is 21.5 Å². The maximum Gasteiger partial charge on any atom is 0.324 e. The van der Waals surface area contributed by atoms with Gasteiger partial charge in [-0.1, -0.05) is 13.3 Å². The molecule has 1 saturated carbocycles. The van der Waals surface area contributed by atoms with Gasteiger partial charge < -0.3 is 5.11 Å². The minimum absolute atomic E-state index is 0.126. The summed E-state index contributed by atoms with van der Waals surface area (Å²) in [6.07, 6.45) is 3.14. The van der Waals surface area contributed by atoms with Crippen LogP contribution in [0.25, 0.3) is 0 Å². The molecular formula is C13H18BrNO4S2. The number of hydrogen-bond acceptors (Lipinski definition) is 4. The summed E-state index contributed by atoms with van der Waals surface area (Å²) in [6, 6.07) is 1.64. The third-order valence-corrected chi connectivity index (χ3v) is 8.31. The summed E-state index contributed by atoms with van der Waals surface area (Å²) >= 11 is 4.26. The summed E-state index contributed by atoms with van der Waals surface area (Å²) in [5.41, 5.74) is -1.38. The van der Waals surface area contributed by atoms with E-state index in [0.29, 0.717) is 23.2 Å². The Balaban J connectivity index is 2.26. The molecule has 0 amide bonds. The Labute approximate surface area is 136 Å². The van der Waals surface area contributed by atoms with Gasteiger partial charge in [0.25, 0.3) is 10.0 Å². The van der Waals surface area contributed by atoms with Crippen molar-refractivity contribution in [2.75, 3.05) is 0 Å². The van der Waals surface area contributed by atoms with Crippen LogP contribution in [0, 0.1) is 5.92 Å². The number of carboxylic acids is 1. The molecule has 118 valence electrons. The molecular weight excluding hydrogens is 378 g/mol. The molecule has 2 N–H and O–H groups in total. The highest BCUT2D eigenvalue weighted by molar-refractivity contribution is 9.10. The van der Waals surface area contributed by atoms with Crippen molar-refractivity contribution in [3.05, 3.63) is 15.9 Å². The predicted octanol–water partition coefficient (Wildman–Crippen LogP) is 3.21. The van der Waals surface area contributed by atoms with Crippen molar-refractivity contribution in [1.82, 2.24) is 4.72 Å². The van der Waals surface area contributed by atoms with Crippen LogP contribution in [0.4, 0.5) is 0 Å². The Morgan fingerprint density at radius 2 is 2.14 bits per heavy atom. The van der Waals surface area contributed by atoms with Crippen molar-refractivity contribution in [1.29, 1.82) is 0 Å². The highest BCUT2D eigenvalue weighted by Gasteiger charge is 2.45. The Bertz CT molecular complexity index is 618. The zero-order chi connectivity index (χ0) is 15.7. The fourth-order valence-electron chi connectivity index (χ4n) is 2.71. The molecule has 0 radical (unpaired) electrons. The number of carbonyl (C=O) groups is 1. The number of aliphatic carboxylic acids is 1. The molecule has 0 unspecified atom stereocenters. The molecule has 0 aromatic carbocycles. The van der Waals surface area contributed by atoms with E-state index in [1.165, 1.54) is 0 Å². The smallest absolute Gasteiger partial charge is 0.324 e. The Morgan fingerprint density at radius 1 is 1.52 bits per heavy atom. The standard InChI is InChI=1S/C13H18BrNO4S2/c1-2-9-3-6-13(7-4-9,12(16)17)15-21(18,19)11-10(14)5-8-20-11/h5,8-9,15H,2-4,6-7H2,1H3,(H,16,17). The fourth-order valence-corrected chi connectivity index (χ4v) is 6.47. The van der Waals surface area contributed by atoms with E-state index in [1.54, 1.807) is 11.4 Å². The topological polar surface area (TPSA) is 83.5 Å². The summed E-state index contributed by atoms with van der Waals surface area (Å²) in [7, 11) is -3.83. The van der Waals surface area contributed by atoms with Crippen LogP contribution >= 0.6 is 27.3 Å². The highest BCUT2D eigenvalue weighted by atomic mass is 79.9. The summed E-state index contributed by atoms with van der Waals surface area (Å²) in [4.78, 5) is 11.7. The quantitative estimate of drug-likeness (QED) is 0.801. The van der Waals surface area contributed by atoms with Crippen molar-refractivity contribution >= 4 is 43.3 Å². The average Bonchev–Trinajstić information content (AvgIpc) is 2.86. The van der Waals surface area contributed by atoms with Crippen molar-refractivity contribution in [3.8, 4) is 0 Å². The number of hydrogen-bond donors (Lipinski definition) is 2. The second kappa shape index (κ2) is 6.36. The second-order valence-electron chi connectivity index (χ2n) is 5.40. The van der Waals surface area contributed by atoms with Crippen LogP contribution in [0.1, 0.15) is 39.0 Å². The summed E-state index contributed by atoms with van der Waals surface area (Å²) in [5.74, 6) is -0.608. The largest absolute Gasteiger partial charge is 0.480 e. The van der Waals surface area contributed by atoms with E-state index >= 15 is 0 Å². The Hall–Kier alpha value is -0.440. The van der Waals surface area contributed by atoms with Crippen LogP contribution in [0.3, 0.4) is 0 Å². The number of nitrogens with one attached hydrogen (secondary N) is 1. The first-order chi connectivity index (χ1) is 9.81. The van der Waals surface area contributed by atoms with Gasteiger partial charge in [-0.25, -0.2) is 8.42 Å². The van der Waals surface area contributed by atoms with Crippen molar-refractivity contribution in [3.63, 3.8) is 0 Å². The lowest BCUT2D eigenvalue weighted by atomic mass is 9.76. The van der Waals surface area contributed by atoms with Gasteiger partial charge in [-0.3, -0.25) is 4.79 Å². The zero-order valence-electron chi connectivity index (χ0n) is 11.6. The number of halogens is 1. The summed E-state index contributed by atoms with van der Waals surface area (Å²) in [6.45, 7) is 2.07. The number of sulfonamides is 1. The lowest BCUT2D eigenvalue weighted by Crippen LogP contribution is -2.56. The van der Waals surface area contributed by atoms with Gasteiger partial charge in [0.15, 0.2) is 0 Å². The monoisotopic (exact) mass is 395 g/mol. The zero-order valence-corrected chi connectivity index (χ0v) is 14.9. The second-order valence-corrected chi connectivity index (χ2v) is 9.05. The van der Waals surface area contributed by atoms with Gasteiger partial charge in [0.1, 0.15) is 9.75 Å². The lowest BCUT2D eigenvalue weighted by molar-refractivity contribution is -0.145. The number of rotatable bonds is 5. The highest BCUT2D eigenvalue weighted by Crippen LogP contribution is 2.36. The van der Waals surface area contributed by atoms with Crippen LogP contribution in [0.15, 0.2) is 20.1 Å². The minimum atomic E-state index is -3.83. The van der Waals surface area contributed by atoms with Crippen molar-refractivity contribution < 1.29 is 18.3 Å². The first-order valence-corrected chi connectivity index (χ1v) is 9.96. The lowest BCUT2D eigenvalue weighted by Gasteiger charge is -2.36. The molecule has 8 heteroatoms. The van der Waals surface area contributed by atoms with E-state index in [0.717, 1.165) is 30.6 Å². The Morgan fingerprint density at radius 3 is 2.57 bits per heavy atom. The molecule has 0 saturated heterocycles. The normalized spacial score (nSPS) is 26.7. The van der Waals surface area contributed by atoms with Gasteiger partial charge in [0.2, 0.25) is 0 Å². The molecule has 1 aliphatic rings. The minimum Gasteiger partial charge on any atom is -0.480 e. The average molecular weight is 396 g/mol. The Kier molecular flexibility index (Phi) is 5.12. The first-order valence-electron chi connectivity index (χ1n) is 6.81. The molecule has 1 heterocycles. The predicted molar refractivity (Wildman–Crippen MR) is 85.0 cm³/mol. The van der Waals surface area contributed by atoms with Crippen molar-refractivity contribution in [2.24, 2.45) is 5.92 Å². The SMILES string of the molecule is CCC1CCC(NS(=O)(=O)c2sccc2Br)(C(=O)O)CC1. The number of carboxylic acid groups (broad SMARTS) is 1. The van der Waals surface area contributed by atoms with Crippen molar-refractivity contribution in [2.45, 2.75) is 48.8 Å². The van der Waals surface area contributed by atoms with Crippen LogP contribution in [-0.2, 0) is 14.8 Å². The molecule has 0 atom stereocenters. The van der Waals surface area contributed by atoms with Crippen LogP contribution < -0.4 is 4.72 Å². The molecule has 1 aromatic heterocycles. The van der Waals surface area contributed by atoms with Crippen LogP contribution in [-0.4, -0.2) is 25.0 Å². The van der Waals surface area contributed by atoms with Crippen LogP contribution in [0.2, 0.25) is 0 Å². The molecule has 1 aromatic rings. The molecule has 21 heavy (non-hydrogen) atoms. The third-order valence-electron chi connectivity index (χ3n) is 4.10. The molecule has 1 fully saturated rings. The number of thiophene rings is 1. The fraction of sp³-hybridized carbons (Fsp3) is 0.615. The van der Waals surface area contributed by atoms with Gasteiger partial charge in [-0.05, 0) is 59.0 Å². The van der Waals surface area contributed by atoms with Gasteiger partial charge in [0.05, 0.1) is 0 Å². The summed E-state index contributed by atoms with van der Waals surface area (Å²) in [5, 5.41) is 11.2. The van der Waals surface area contributed by atoms with E-state index in [2.05, 4.69) is 27.6 Å².